The first-order valence-corrected chi connectivity index (χ1v) is 3.03. The lowest BCUT2D eigenvalue weighted by Crippen LogP contribution is -2.22. The first-order valence-electron chi connectivity index (χ1n) is 3.03. The Bertz CT molecular complexity index is 55.0. The van der Waals surface area contributed by atoms with Crippen LogP contribution in [0.4, 0.5) is 0 Å². The Balaban J connectivity index is 0. The van der Waals surface area contributed by atoms with E-state index in [2.05, 4.69) is 13.8 Å². The summed E-state index contributed by atoms with van der Waals surface area (Å²) in [4.78, 5) is 0. The fourth-order valence-electron chi connectivity index (χ4n) is 0.558. The SMILES string of the molecule is CC(C)[C@H](CN)CO.Cl. The smallest absolute Gasteiger partial charge is 0.0473 e. The molecule has 0 aromatic heterocycles. The minimum absolute atomic E-state index is 0. The van der Waals surface area contributed by atoms with Crippen molar-refractivity contribution in [2.75, 3.05) is 13.2 Å². The summed E-state index contributed by atoms with van der Waals surface area (Å²) < 4.78 is 0. The second kappa shape index (κ2) is 6.33. The van der Waals surface area contributed by atoms with Crippen LogP contribution in [0.2, 0.25) is 0 Å². The molecule has 0 aromatic rings. The van der Waals surface area contributed by atoms with Gasteiger partial charge < -0.3 is 10.8 Å². The van der Waals surface area contributed by atoms with Crippen molar-refractivity contribution in [1.29, 1.82) is 0 Å². The van der Waals surface area contributed by atoms with Gasteiger partial charge in [-0.05, 0) is 18.4 Å². The number of nitrogens with two attached hydrogens (primary N) is 1. The Morgan fingerprint density at radius 3 is 1.89 bits per heavy atom. The molecular weight excluding hydrogens is 138 g/mol. The van der Waals surface area contributed by atoms with Crippen molar-refractivity contribution >= 4 is 12.4 Å². The van der Waals surface area contributed by atoms with Crippen molar-refractivity contribution in [2.45, 2.75) is 13.8 Å². The largest absolute Gasteiger partial charge is 0.396 e. The molecule has 58 valence electrons. The van der Waals surface area contributed by atoms with Gasteiger partial charge in [0.25, 0.3) is 0 Å². The standard InChI is InChI=1S/C6H15NO.ClH/c1-5(2)6(3-7)4-8;/h5-6,8H,3-4,7H2,1-2H3;1H/t6-;/m1./s1. The Morgan fingerprint density at radius 2 is 1.89 bits per heavy atom. The minimum Gasteiger partial charge on any atom is -0.396 e. The van der Waals surface area contributed by atoms with Gasteiger partial charge in [-0.15, -0.1) is 12.4 Å². The zero-order valence-corrected chi connectivity index (χ0v) is 6.82. The first-order chi connectivity index (χ1) is 3.72. The summed E-state index contributed by atoms with van der Waals surface area (Å²) in [6.07, 6.45) is 0. The fraction of sp³-hybridized carbons (Fsp3) is 1.00. The maximum absolute atomic E-state index is 8.62. The normalized spacial score (nSPS) is 13.0. The van der Waals surface area contributed by atoms with Crippen LogP contribution in [-0.4, -0.2) is 18.3 Å². The van der Waals surface area contributed by atoms with E-state index >= 15 is 0 Å². The van der Waals surface area contributed by atoms with Crippen molar-refractivity contribution in [2.24, 2.45) is 17.6 Å². The van der Waals surface area contributed by atoms with E-state index in [1.165, 1.54) is 0 Å². The lowest BCUT2D eigenvalue weighted by Gasteiger charge is -2.14. The maximum atomic E-state index is 8.62. The molecule has 0 fully saturated rings. The van der Waals surface area contributed by atoms with Crippen molar-refractivity contribution in [3.05, 3.63) is 0 Å². The number of aliphatic hydroxyl groups excluding tert-OH is 1. The molecule has 0 heterocycles. The third-order valence-electron chi connectivity index (χ3n) is 1.48. The third-order valence-corrected chi connectivity index (χ3v) is 1.48. The Labute approximate surface area is 62.9 Å². The van der Waals surface area contributed by atoms with E-state index in [1.807, 2.05) is 0 Å². The average Bonchev–Trinajstić information content (AvgIpc) is 1.69. The number of rotatable bonds is 3. The molecule has 0 aliphatic rings. The second-order valence-corrected chi connectivity index (χ2v) is 2.42. The molecule has 0 unspecified atom stereocenters. The Kier molecular flexibility index (Phi) is 8.40. The molecule has 0 radical (unpaired) electrons. The predicted octanol–water partition coefficient (Wildman–Crippen LogP) is 0.631. The summed E-state index contributed by atoms with van der Waals surface area (Å²) in [6.45, 7) is 4.93. The van der Waals surface area contributed by atoms with Gasteiger partial charge in [0.05, 0.1) is 0 Å². The van der Waals surface area contributed by atoms with Gasteiger partial charge in [0.2, 0.25) is 0 Å². The topological polar surface area (TPSA) is 46.2 Å². The zero-order valence-electron chi connectivity index (χ0n) is 6.00. The highest BCUT2D eigenvalue weighted by molar-refractivity contribution is 5.85. The van der Waals surface area contributed by atoms with E-state index < -0.39 is 0 Å². The van der Waals surface area contributed by atoms with Crippen LogP contribution in [0.1, 0.15) is 13.8 Å². The minimum atomic E-state index is 0. The molecule has 3 heteroatoms. The van der Waals surface area contributed by atoms with E-state index in [9.17, 15) is 0 Å². The van der Waals surface area contributed by atoms with Crippen LogP contribution in [0.5, 0.6) is 0 Å². The van der Waals surface area contributed by atoms with Crippen molar-refractivity contribution in [3.63, 3.8) is 0 Å². The van der Waals surface area contributed by atoms with E-state index in [0.717, 1.165) is 0 Å². The first kappa shape index (κ1) is 11.9. The van der Waals surface area contributed by atoms with Crippen LogP contribution in [0.25, 0.3) is 0 Å². The number of hydrogen-bond donors (Lipinski definition) is 2. The zero-order chi connectivity index (χ0) is 6.57. The van der Waals surface area contributed by atoms with Gasteiger partial charge >= 0.3 is 0 Å². The summed E-state index contributed by atoms with van der Waals surface area (Å²) in [5.41, 5.74) is 5.32. The van der Waals surface area contributed by atoms with Crippen LogP contribution in [0.3, 0.4) is 0 Å². The molecule has 0 bridgehead atoms. The highest BCUT2D eigenvalue weighted by Crippen LogP contribution is 2.06. The van der Waals surface area contributed by atoms with Crippen molar-refractivity contribution < 1.29 is 5.11 Å². The van der Waals surface area contributed by atoms with Gasteiger partial charge in [-0.3, -0.25) is 0 Å². The van der Waals surface area contributed by atoms with Crippen LogP contribution in [0, 0.1) is 11.8 Å². The average molecular weight is 154 g/mol. The number of hydrogen-bond acceptors (Lipinski definition) is 2. The predicted molar refractivity (Wildman–Crippen MR) is 41.7 cm³/mol. The second-order valence-electron chi connectivity index (χ2n) is 2.42. The molecular formula is C6H16ClNO. The van der Waals surface area contributed by atoms with Crippen LogP contribution < -0.4 is 5.73 Å². The summed E-state index contributed by atoms with van der Waals surface area (Å²) in [6, 6.07) is 0. The highest BCUT2D eigenvalue weighted by atomic mass is 35.5. The summed E-state index contributed by atoms with van der Waals surface area (Å²) >= 11 is 0. The van der Waals surface area contributed by atoms with Gasteiger partial charge in [0.15, 0.2) is 0 Å². The molecule has 9 heavy (non-hydrogen) atoms. The summed E-state index contributed by atoms with van der Waals surface area (Å²) in [5.74, 6) is 0.792. The summed E-state index contributed by atoms with van der Waals surface area (Å²) in [7, 11) is 0. The number of aliphatic hydroxyl groups is 1. The molecule has 0 aliphatic heterocycles. The van der Waals surface area contributed by atoms with Gasteiger partial charge in [-0.25, -0.2) is 0 Å². The van der Waals surface area contributed by atoms with Crippen LogP contribution in [0.15, 0.2) is 0 Å². The summed E-state index contributed by atoms with van der Waals surface area (Å²) in [5, 5.41) is 8.62. The van der Waals surface area contributed by atoms with E-state index in [4.69, 9.17) is 10.8 Å². The number of halogens is 1. The molecule has 0 saturated carbocycles. The monoisotopic (exact) mass is 153 g/mol. The molecule has 3 N–H and O–H groups in total. The van der Waals surface area contributed by atoms with Gasteiger partial charge in [0.1, 0.15) is 0 Å². The Morgan fingerprint density at radius 1 is 1.44 bits per heavy atom. The molecule has 0 aliphatic carbocycles. The quantitative estimate of drug-likeness (QED) is 0.625. The fourth-order valence-corrected chi connectivity index (χ4v) is 0.558. The van der Waals surface area contributed by atoms with E-state index in [0.29, 0.717) is 12.5 Å². The van der Waals surface area contributed by atoms with Crippen LogP contribution >= 0.6 is 12.4 Å². The van der Waals surface area contributed by atoms with E-state index in [-0.39, 0.29) is 24.9 Å². The van der Waals surface area contributed by atoms with Gasteiger partial charge in [0, 0.05) is 6.61 Å². The molecule has 2 nitrogen and oxygen atoms in total. The highest BCUT2D eigenvalue weighted by Gasteiger charge is 2.07. The van der Waals surface area contributed by atoms with Crippen LogP contribution in [-0.2, 0) is 0 Å². The molecule has 0 saturated heterocycles. The third kappa shape index (κ3) is 4.70. The molecule has 0 rings (SSSR count). The van der Waals surface area contributed by atoms with E-state index in [1.54, 1.807) is 0 Å². The van der Waals surface area contributed by atoms with Gasteiger partial charge in [-0.2, -0.15) is 0 Å². The molecule has 1 atom stereocenters. The Hall–Kier alpha value is 0.210. The molecule has 0 amide bonds. The lowest BCUT2D eigenvalue weighted by atomic mass is 9.97. The van der Waals surface area contributed by atoms with Crippen molar-refractivity contribution in [3.8, 4) is 0 Å². The molecule has 0 aromatic carbocycles. The van der Waals surface area contributed by atoms with Gasteiger partial charge in [-0.1, -0.05) is 13.8 Å². The lowest BCUT2D eigenvalue weighted by molar-refractivity contribution is 0.195. The maximum Gasteiger partial charge on any atom is 0.0473 e. The van der Waals surface area contributed by atoms with Crippen molar-refractivity contribution in [1.82, 2.24) is 0 Å². The molecule has 0 spiro atoms.